The predicted octanol–water partition coefficient (Wildman–Crippen LogP) is 5.69. The summed E-state index contributed by atoms with van der Waals surface area (Å²) in [6.45, 7) is 4.42. The van der Waals surface area contributed by atoms with Crippen molar-refractivity contribution in [2.24, 2.45) is 0 Å². The number of aryl methyl sites for hydroxylation is 1. The number of aromatic nitrogens is 2. The van der Waals surface area contributed by atoms with E-state index in [4.69, 9.17) is 4.98 Å². The van der Waals surface area contributed by atoms with Gasteiger partial charge in [-0.05, 0) is 54.3 Å². The zero-order chi connectivity index (χ0) is 17.2. The van der Waals surface area contributed by atoms with Crippen molar-refractivity contribution < 1.29 is 0 Å². The Labute approximate surface area is 148 Å². The Morgan fingerprint density at radius 2 is 1.68 bits per heavy atom. The quantitative estimate of drug-likeness (QED) is 0.481. The molecule has 0 bridgehead atoms. The Hall–Kier alpha value is -2.74. The molecular formula is C23H22N2. The lowest BCUT2D eigenvalue weighted by Crippen LogP contribution is -2.01. The largest absolute Gasteiger partial charge is 0.256 e. The average molecular weight is 326 g/mol. The molecule has 2 aromatic heterocycles. The van der Waals surface area contributed by atoms with E-state index in [1.165, 1.54) is 21.9 Å². The van der Waals surface area contributed by atoms with Gasteiger partial charge in [-0.15, -0.1) is 0 Å². The summed E-state index contributed by atoms with van der Waals surface area (Å²) in [5.74, 6) is 0.379. The van der Waals surface area contributed by atoms with E-state index < -0.39 is 0 Å². The highest BCUT2D eigenvalue weighted by Crippen LogP contribution is 2.24. The Balaban J connectivity index is 1.62. The number of fused-ring (bicyclic) bond motifs is 2. The molecule has 25 heavy (non-hydrogen) atoms. The average Bonchev–Trinajstić information content (AvgIpc) is 2.67. The van der Waals surface area contributed by atoms with Gasteiger partial charge in [-0.3, -0.25) is 9.97 Å². The second kappa shape index (κ2) is 6.64. The molecule has 4 aromatic rings. The second-order valence-electron chi connectivity index (χ2n) is 6.76. The smallest absolute Gasteiger partial charge is 0.0705 e. The summed E-state index contributed by atoms with van der Waals surface area (Å²) in [5.41, 5.74) is 5.91. The van der Waals surface area contributed by atoms with Gasteiger partial charge in [0.25, 0.3) is 0 Å². The SMILES string of the molecule is CCc1cnc2ccc(CC(C)c3ccc4ccccc4n3)cc2c1. The van der Waals surface area contributed by atoms with Crippen LogP contribution < -0.4 is 0 Å². The van der Waals surface area contributed by atoms with Gasteiger partial charge in [-0.1, -0.05) is 44.2 Å². The van der Waals surface area contributed by atoms with Crippen molar-refractivity contribution in [2.75, 3.05) is 0 Å². The van der Waals surface area contributed by atoms with E-state index in [0.717, 1.165) is 29.6 Å². The summed E-state index contributed by atoms with van der Waals surface area (Å²) in [5, 5.41) is 2.43. The van der Waals surface area contributed by atoms with Crippen LogP contribution in [0, 0.1) is 0 Å². The number of nitrogens with zero attached hydrogens (tertiary/aromatic N) is 2. The highest BCUT2D eigenvalue weighted by Gasteiger charge is 2.10. The molecule has 0 fully saturated rings. The van der Waals surface area contributed by atoms with Crippen LogP contribution in [-0.4, -0.2) is 9.97 Å². The fourth-order valence-electron chi connectivity index (χ4n) is 3.36. The molecule has 1 unspecified atom stereocenters. The number of para-hydroxylation sites is 1. The molecule has 0 aliphatic carbocycles. The molecule has 2 nitrogen and oxygen atoms in total. The van der Waals surface area contributed by atoms with Crippen molar-refractivity contribution in [3.8, 4) is 0 Å². The lowest BCUT2D eigenvalue weighted by Gasteiger charge is -2.13. The van der Waals surface area contributed by atoms with Crippen LogP contribution >= 0.6 is 0 Å². The molecule has 0 saturated heterocycles. The molecule has 0 radical (unpaired) electrons. The lowest BCUT2D eigenvalue weighted by molar-refractivity contribution is 0.735. The molecule has 0 aliphatic rings. The third-order valence-corrected chi connectivity index (χ3v) is 4.88. The highest BCUT2D eigenvalue weighted by atomic mass is 14.7. The number of pyridine rings is 2. The van der Waals surface area contributed by atoms with Crippen molar-refractivity contribution in [1.29, 1.82) is 0 Å². The molecule has 2 heterocycles. The molecule has 1 atom stereocenters. The monoisotopic (exact) mass is 326 g/mol. The van der Waals surface area contributed by atoms with Crippen molar-refractivity contribution in [3.63, 3.8) is 0 Å². The Morgan fingerprint density at radius 1 is 0.840 bits per heavy atom. The number of hydrogen-bond donors (Lipinski definition) is 0. The standard InChI is InChI=1S/C23H22N2/c1-3-17-13-20-14-18(8-10-22(20)24-15-17)12-16(2)21-11-9-19-6-4-5-7-23(19)25-21/h4-11,13-16H,3,12H2,1-2H3. The van der Waals surface area contributed by atoms with E-state index in [2.05, 4.69) is 73.4 Å². The van der Waals surface area contributed by atoms with Crippen LogP contribution in [0.4, 0.5) is 0 Å². The van der Waals surface area contributed by atoms with Crippen molar-refractivity contribution >= 4 is 21.8 Å². The molecule has 0 amide bonds. The summed E-state index contributed by atoms with van der Waals surface area (Å²) >= 11 is 0. The maximum atomic E-state index is 4.85. The minimum Gasteiger partial charge on any atom is -0.256 e. The first-order valence-corrected chi connectivity index (χ1v) is 8.96. The van der Waals surface area contributed by atoms with Gasteiger partial charge in [-0.25, -0.2) is 0 Å². The maximum absolute atomic E-state index is 4.85. The van der Waals surface area contributed by atoms with Crippen LogP contribution in [0.1, 0.15) is 36.6 Å². The third kappa shape index (κ3) is 3.25. The lowest BCUT2D eigenvalue weighted by atomic mass is 9.96. The Kier molecular flexibility index (Phi) is 4.19. The maximum Gasteiger partial charge on any atom is 0.0705 e. The Bertz CT molecular complexity index is 1040. The van der Waals surface area contributed by atoms with Crippen LogP contribution in [-0.2, 0) is 12.8 Å². The highest BCUT2D eigenvalue weighted by molar-refractivity contribution is 5.80. The summed E-state index contributed by atoms with van der Waals surface area (Å²) in [7, 11) is 0. The number of rotatable bonds is 4. The van der Waals surface area contributed by atoms with Crippen molar-refractivity contribution in [1.82, 2.24) is 9.97 Å². The van der Waals surface area contributed by atoms with Gasteiger partial charge in [0, 0.05) is 28.6 Å². The molecule has 0 spiro atoms. The molecule has 2 aromatic carbocycles. The fraction of sp³-hybridized carbons (Fsp3) is 0.217. The fourth-order valence-corrected chi connectivity index (χ4v) is 3.36. The molecule has 0 aliphatic heterocycles. The molecule has 124 valence electrons. The van der Waals surface area contributed by atoms with Gasteiger partial charge < -0.3 is 0 Å². The van der Waals surface area contributed by atoms with Crippen LogP contribution in [0.15, 0.2) is 66.9 Å². The van der Waals surface area contributed by atoms with Crippen molar-refractivity contribution in [2.45, 2.75) is 32.6 Å². The van der Waals surface area contributed by atoms with Crippen LogP contribution in [0.3, 0.4) is 0 Å². The van der Waals surface area contributed by atoms with E-state index >= 15 is 0 Å². The summed E-state index contributed by atoms with van der Waals surface area (Å²) in [6.07, 6.45) is 3.98. The van der Waals surface area contributed by atoms with Gasteiger partial charge >= 0.3 is 0 Å². The minimum atomic E-state index is 0.379. The normalized spacial score (nSPS) is 12.6. The van der Waals surface area contributed by atoms with Gasteiger partial charge in [0.05, 0.1) is 11.0 Å². The van der Waals surface area contributed by atoms with Crippen LogP contribution in [0.25, 0.3) is 21.8 Å². The molecular weight excluding hydrogens is 304 g/mol. The molecule has 0 N–H and O–H groups in total. The van der Waals surface area contributed by atoms with Gasteiger partial charge in [-0.2, -0.15) is 0 Å². The molecule has 0 saturated carbocycles. The minimum absolute atomic E-state index is 0.379. The zero-order valence-electron chi connectivity index (χ0n) is 14.7. The summed E-state index contributed by atoms with van der Waals surface area (Å²) in [6, 6.07) is 21.5. The zero-order valence-corrected chi connectivity index (χ0v) is 14.7. The van der Waals surface area contributed by atoms with Crippen LogP contribution in [0.2, 0.25) is 0 Å². The van der Waals surface area contributed by atoms with Gasteiger partial charge in [0.15, 0.2) is 0 Å². The summed E-state index contributed by atoms with van der Waals surface area (Å²) < 4.78 is 0. The molecule has 4 rings (SSSR count). The van der Waals surface area contributed by atoms with Gasteiger partial charge in [0.2, 0.25) is 0 Å². The summed E-state index contributed by atoms with van der Waals surface area (Å²) in [4.78, 5) is 9.40. The van der Waals surface area contributed by atoms with E-state index in [9.17, 15) is 0 Å². The first-order chi connectivity index (χ1) is 12.2. The topological polar surface area (TPSA) is 25.8 Å². The second-order valence-corrected chi connectivity index (χ2v) is 6.76. The van der Waals surface area contributed by atoms with E-state index in [1.54, 1.807) is 0 Å². The third-order valence-electron chi connectivity index (χ3n) is 4.88. The van der Waals surface area contributed by atoms with E-state index in [1.807, 2.05) is 12.3 Å². The number of benzene rings is 2. The first kappa shape index (κ1) is 15.8. The van der Waals surface area contributed by atoms with Crippen LogP contribution in [0.5, 0.6) is 0 Å². The number of hydrogen-bond acceptors (Lipinski definition) is 2. The predicted molar refractivity (Wildman–Crippen MR) is 105 cm³/mol. The van der Waals surface area contributed by atoms with Gasteiger partial charge in [0.1, 0.15) is 0 Å². The van der Waals surface area contributed by atoms with Crippen molar-refractivity contribution in [3.05, 3.63) is 83.7 Å². The first-order valence-electron chi connectivity index (χ1n) is 8.96. The van der Waals surface area contributed by atoms with E-state index in [-0.39, 0.29) is 0 Å². The molecule has 2 heteroatoms. The Morgan fingerprint density at radius 3 is 2.56 bits per heavy atom. The van der Waals surface area contributed by atoms with E-state index in [0.29, 0.717) is 5.92 Å².